The standard InChI is InChI=1S/C31H28F3N5O5/c1-43-29(41)19-12-13-39(24(14-19)30(42)44-2)28(40)18-8-10-21(11-9-18)36-27-25(17-6-4-3-5-7-17)37-23-16-20(31(32,33)34)15-22(35)26(23)38-27/h3-11,15-16,19,24H,12-14,35H2,1-2H3,(H,36,38). The second kappa shape index (κ2) is 12.2. The van der Waals surface area contributed by atoms with Gasteiger partial charge in [-0.05, 0) is 49.2 Å². The molecule has 0 saturated carbocycles. The molecule has 5 rings (SSSR count). The zero-order chi connectivity index (χ0) is 31.6. The maximum atomic E-state index is 13.5. The molecule has 1 amide bonds. The zero-order valence-electron chi connectivity index (χ0n) is 23.7. The van der Waals surface area contributed by atoms with Gasteiger partial charge in [0.1, 0.15) is 17.3 Å². The van der Waals surface area contributed by atoms with Crippen LogP contribution in [0.5, 0.6) is 0 Å². The summed E-state index contributed by atoms with van der Waals surface area (Å²) >= 11 is 0. The molecule has 3 N–H and O–H groups in total. The number of nitrogens with two attached hydrogens (primary N) is 1. The number of anilines is 3. The molecule has 0 radical (unpaired) electrons. The van der Waals surface area contributed by atoms with Crippen molar-refractivity contribution in [2.24, 2.45) is 5.92 Å². The number of piperidine rings is 1. The van der Waals surface area contributed by atoms with Crippen LogP contribution in [0.3, 0.4) is 0 Å². The molecule has 1 aromatic heterocycles. The van der Waals surface area contributed by atoms with Gasteiger partial charge in [0.2, 0.25) is 0 Å². The SMILES string of the molecule is COC(=O)C1CCN(C(=O)c2ccc(Nc3nc4c(N)cc(C(F)(F)F)cc4nc3-c3ccccc3)cc2)C(C(=O)OC)C1. The number of alkyl halides is 3. The Hall–Kier alpha value is -5.20. The van der Waals surface area contributed by atoms with E-state index < -0.39 is 41.5 Å². The van der Waals surface area contributed by atoms with E-state index in [9.17, 15) is 27.6 Å². The number of rotatable bonds is 6. The quantitative estimate of drug-likeness (QED) is 0.224. The van der Waals surface area contributed by atoms with Crippen molar-refractivity contribution in [3.8, 4) is 11.3 Å². The Labute approximate surface area is 250 Å². The number of hydrogen-bond donors (Lipinski definition) is 2. The summed E-state index contributed by atoms with van der Waals surface area (Å²) in [5.74, 6) is -1.79. The largest absolute Gasteiger partial charge is 0.469 e. The number of likely N-dealkylation sites (tertiary alicyclic amines) is 1. The maximum absolute atomic E-state index is 13.5. The second-order valence-electron chi connectivity index (χ2n) is 10.2. The molecule has 1 aliphatic rings. The molecule has 0 spiro atoms. The highest BCUT2D eigenvalue weighted by Gasteiger charge is 2.40. The van der Waals surface area contributed by atoms with Gasteiger partial charge >= 0.3 is 18.1 Å². The summed E-state index contributed by atoms with van der Waals surface area (Å²) < 4.78 is 50.1. The van der Waals surface area contributed by atoms with Crippen LogP contribution in [0.1, 0.15) is 28.8 Å². The first-order valence-corrected chi connectivity index (χ1v) is 13.6. The number of aromatic nitrogens is 2. The maximum Gasteiger partial charge on any atom is 0.416 e. The summed E-state index contributed by atoms with van der Waals surface area (Å²) in [7, 11) is 2.49. The topological polar surface area (TPSA) is 137 Å². The first-order chi connectivity index (χ1) is 21.0. The van der Waals surface area contributed by atoms with E-state index in [0.29, 0.717) is 23.4 Å². The molecular weight excluding hydrogens is 579 g/mol. The summed E-state index contributed by atoms with van der Waals surface area (Å²) in [6.45, 7) is 0.156. The molecule has 10 nitrogen and oxygen atoms in total. The monoisotopic (exact) mass is 607 g/mol. The molecule has 228 valence electrons. The lowest BCUT2D eigenvalue weighted by molar-refractivity contribution is -0.153. The summed E-state index contributed by atoms with van der Waals surface area (Å²) in [6, 6.07) is 16.0. The Kier molecular flexibility index (Phi) is 8.39. The van der Waals surface area contributed by atoms with E-state index in [1.165, 1.54) is 19.1 Å². The number of ether oxygens (including phenoxy) is 2. The van der Waals surface area contributed by atoms with Crippen LogP contribution in [0.25, 0.3) is 22.3 Å². The van der Waals surface area contributed by atoms with Gasteiger partial charge in [-0.1, -0.05) is 30.3 Å². The molecule has 44 heavy (non-hydrogen) atoms. The number of carbonyl (C=O) groups excluding carboxylic acids is 3. The molecule has 1 saturated heterocycles. The Balaban J connectivity index is 1.45. The molecule has 2 heterocycles. The number of halogens is 3. The van der Waals surface area contributed by atoms with Crippen LogP contribution in [0.2, 0.25) is 0 Å². The first kappa shape index (κ1) is 30.3. The fraction of sp³-hybridized carbons (Fsp3) is 0.258. The Morgan fingerprint density at radius 1 is 0.955 bits per heavy atom. The molecule has 0 bridgehead atoms. The van der Waals surface area contributed by atoms with Crippen molar-refractivity contribution in [2.75, 3.05) is 31.8 Å². The van der Waals surface area contributed by atoms with Gasteiger partial charge in [0.15, 0.2) is 5.82 Å². The lowest BCUT2D eigenvalue weighted by Crippen LogP contribution is -2.51. The highest BCUT2D eigenvalue weighted by molar-refractivity contribution is 5.98. The average molecular weight is 608 g/mol. The van der Waals surface area contributed by atoms with Gasteiger partial charge in [0.05, 0.1) is 36.9 Å². The number of carbonyl (C=O) groups is 3. The summed E-state index contributed by atoms with van der Waals surface area (Å²) in [5.41, 5.74) is 6.64. The minimum Gasteiger partial charge on any atom is -0.469 e. The predicted octanol–water partition coefficient (Wildman–Crippen LogP) is 5.21. The molecule has 1 aliphatic heterocycles. The first-order valence-electron chi connectivity index (χ1n) is 13.6. The molecule has 13 heteroatoms. The highest BCUT2D eigenvalue weighted by atomic mass is 19.4. The van der Waals surface area contributed by atoms with E-state index in [4.69, 9.17) is 15.2 Å². The van der Waals surface area contributed by atoms with Gasteiger partial charge in [-0.2, -0.15) is 13.2 Å². The van der Waals surface area contributed by atoms with E-state index >= 15 is 0 Å². The number of nitrogens with zero attached hydrogens (tertiary/aromatic N) is 3. The van der Waals surface area contributed by atoms with Crippen LogP contribution in [0.4, 0.5) is 30.4 Å². The Morgan fingerprint density at radius 3 is 2.27 bits per heavy atom. The van der Waals surface area contributed by atoms with E-state index in [0.717, 1.165) is 12.1 Å². The average Bonchev–Trinajstić information content (AvgIpc) is 3.03. The third kappa shape index (κ3) is 6.12. The number of amides is 1. The van der Waals surface area contributed by atoms with Gasteiger partial charge < -0.3 is 25.4 Å². The lowest BCUT2D eigenvalue weighted by Gasteiger charge is -2.36. The van der Waals surface area contributed by atoms with Crippen molar-refractivity contribution in [2.45, 2.75) is 25.1 Å². The second-order valence-corrected chi connectivity index (χ2v) is 10.2. The molecular formula is C31H28F3N5O5. The Morgan fingerprint density at radius 2 is 1.64 bits per heavy atom. The highest BCUT2D eigenvalue weighted by Crippen LogP contribution is 2.36. The van der Waals surface area contributed by atoms with Crippen LogP contribution >= 0.6 is 0 Å². The number of fused-ring (bicyclic) bond motifs is 1. The third-order valence-electron chi connectivity index (χ3n) is 7.44. The fourth-order valence-electron chi connectivity index (χ4n) is 5.18. The van der Waals surface area contributed by atoms with E-state index in [1.807, 2.05) is 0 Å². The van der Waals surface area contributed by atoms with Gasteiger partial charge in [-0.15, -0.1) is 0 Å². The fourth-order valence-corrected chi connectivity index (χ4v) is 5.18. The number of nitrogen functional groups attached to an aromatic ring is 1. The molecule has 3 aromatic carbocycles. The van der Waals surface area contributed by atoms with Crippen LogP contribution < -0.4 is 11.1 Å². The van der Waals surface area contributed by atoms with E-state index in [-0.39, 0.29) is 41.1 Å². The third-order valence-corrected chi connectivity index (χ3v) is 7.44. The van der Waals surface area contributed by atoms with Crippen molar-refractivity contribution in [1.29, 1.82) is 0 Å². The van der Waals surface area contributed by atoms with E-state index in [2.05, 4.69) is 15.3 Å². The zero-order valence-corrected chi connectivity index (χ0v) is 23.7. The van der Waals surface area contributed by atoms with Crippen molar-refractivity contribution in [3.63, 3.8) is 0 Å². The van der Waals surface area contributed by atoms with Crippen LogP contribution in [-0.2, 0) is 25.2 Å². The number of benzene rings is 3. The lowest BCUT2D eigenvalue weighted by atomic mass is 9.90. The molecule has 4 aromatic rings. The smallest absolute Gasteiger partial charge is 0.416 e. The predicted molar refractivity (Wildman–Crippen MR) is 156 cm³/mol. The summed E-state index contributed by atoms with van der Waals surface area (Å²) in [5, 5.41) is 3.14. The van der Waals surface area contributed by atoms with Crippen molar-refractivity contribution < 1.29 is 37.0 Å². The van der Waals surface area contributed by atoms with Gasteiger partial charge in [0.25, 0.3) is 5.91 Å². The number of methoxy groups -OCH3 is 2. The van der Waals surface area contributed by atoms with Gasteiger partial charge in [-0.25, -0.2) is 14.8 Å². The van der Waals surface area contributed by atoms with Gasteiger partial charge in [-0.3, -0.25) is 9.59 Å². The molecule has 2 unspecified atom stereocenters. The van der Waals surface area contributed by atoms with Crippen LogP contribution in [-0.4, -0.2) is 59.5 Å². The number of hydrogen-bond acceptors (Lipinski definition) is 9. The number of esters is 2. The molecule has 0 aliphatic carbocycles. The minimum absolute atomic E-state index is 0.0150. The Bertz CT molecular complexity index is 1710. The van der Waals surface area contributed by atoms with Crippen molar-refractivity contribution >= 4 is 46.1 Å². The molecule has 1 fully saturated rings. The molecule has 2 atom stereocenters. The summed E-state index contributed by atoms with van der Waals surface area (Å²) in [4.78, 5) is 48.4. The normalized spacial score (nSPS) is 16.8. The minimum atomic E-state index is -4.61. The van der Waals surface area contributed by atoms with Crippen LogP contribution in [0.15, 0.2) is 66.7 Å². The van der Waals surface area contributed by atoms with Crippen LogP contribution in [0, 0.1) is 5.92 Å². The van der Waals surface area contributed by atoms with Crippen molar-refractivity contribution in [3.05, 3.63) is 77.9 Å². The van der Waals surface area contributed by atoms with Gasteiger partial charge in [0, 0.05) is 23.4 Å². The summed E-state index contributed by atoms with van der Waals surface area (Å²) in [6.07, 6.45) is -4.19. The number of nitrogens with one attached hydrogen (secondary N) is 1. The van der Waals surface area contributed by atoms with E-state index in [1.54, 1.807) is 54.6 Å². The van der Waals surface area contributed by atoms with Crippen molar-refractivity contribution in [1.82, 2.24) is 14.9 Å².